The Morgan fingerprint density at radius 1 is 1.14 bits per heavy atom. The minimum Gasteiger partial charge on any atom is -0.500 e. The minimum absolute atomic E-state index is 0.0771. The monoisotopic (exact) mass is 500 g/mol. The van der Waals surface area contributed by atoms with Gasteiger partial charge in [0.15, 0.2) is 11.5 Å². The van der Waals surface area contributed by atoms with E-state index in [0.29, 0.717) is 27.6 Å². The molecule has 0 spiro atoms. The quantitative estimate of drug-likeness (QED) is 0.192. The summed E-state index contributed by atoms with van der Waals surface area (Å²) in [6.07, 6.45) is 1.25. The van der Waals surface area contributed by atoms with Crippen LogP contribution in [0.15, 0.2) is 75.0 Å². The van der Waals surface area contributed by atoms with Crippen molar-refractivity contribution in [3.8, 4) is 28.8 Å². The molecule has 5 aromatic rings. The Kier molecular flexibility index (Phi) is 6.02. The van der Waals surface area contributed by atoms with Gasteiger partial charge in [0.25, 0.3) is 5.56 Å². The number of furan rings is 1. The largest absolute Gasteiger partial charge is 0.500 e. The lowest BCUT2D eigenvalue weighted by Crippen LogP contribution is -2.20. The number of phenols is 1. The number of methoxy groups -OCH3 is 1. The molecule has 0 unspecified atom stereocenters. The maximum atomic E-state index is 13.5. The van der Waals surface area contributed by atoms with Crippen molar-refractivity contribution < 1.29 is 23.9 Å². The van der Waals surface area contributed by atoms with Gasteiger partial charge in [-0.1, -0.05) is 18.2 Å². The summed E-state index contributed by atoms with van der Waals surface area (Å²) >= 11 is 0. The third-order valence-corrected chi connectivity index (χ3v) is 5.61. The lowest BCUT2D eigenvalue weighted by molar-refractivity contribution is -0.386. The second-order valence-corrected chi connectivity index (χ2v) is 7.87. The Labute approximate surface area is 209 Å². The zero-order chi connectivity index (χ0) is 26.1. The first-order valence-corrected chi connectivity index (χ1v) is 11.2. The molecule has 2 aromatic heterocycles. The molecule has 0 aliphatic rings. The van der Waals surface area contributed by atoms with Crippen LogP contribution in [0.1, 0.15) is 12.5 Å². The van der Waals surface area contributed by atoms with Crippen LogP contribution >= 0.6 is 0 Å². The van der Waals surface area contributed by atoms with E-state index in [1.54, 1.807) is 62.6 Å². The number of aromatic nitrogens is 2. The number of nitro benzene ring substituents is 1. The highest BCUT2D eigenvalue weighted by Crippen LogP contribution is 2.37. The van der Waals surface area contributed by atoms with Crippen molar-refractivity contribution in [2.75, 3.05) is 13.7 Å². The highest BCUT2D eigenvalue weighted by Gasteiger charge is 2.21. The van der Waals surface area contributed by atoms with Crippen LogP contribution in [0.2, 0.25) is 0 Å². The van der Waals surface area contributed by atoms with Crippen molar-refractivity contribution in [2.45, 2.75) is 6.92 Å². The van der Waals surface area contributed by atoms with Crippen molar-refractivity contribution in [3.63, 3.8) is 0 Å². The Balaban J connectivity index is 1.72. The SMILES string of the molecule is CCOc1cc(C=Nn2c(-c3cc4c(OC)cccc4o3)nc3ccccc3c2=O)cc([N+](=O)[O-])c1O. The highest BCUT2D eigenvalue weighted by atomic mass is 16.6. The van der Waals surface area contributed by atoms with Gasteiger partial charge < -0.3 is 19.0 Å². The number of benzene rings is 3. The van der Waals surface area contributed by atoms with Gasteiger partial charge in [0.05, 0.1) is 41.1 Å². The summed E-state index contributed by atoms with van der Waals surface area (Å²) in [5, 5.41) is 26.9. The molecule has 2 heterocycles. The van der Waals surface area contributed by atoms with Gasteiger partial charge in [0.2, 0.25) is 11.6 Å². The molecule has 11 nitrogen and oxygen atoms in total. The molecule has 5 rings (SSSR count). The molecular weight excluding hydrogens is 480 g/mol. The van der Waals surface area contributed by atoms with E-state index in [4.69, 9.17) is 13.9 Å². The van der Waals surface area contributed by atoms with Crippen molar-refractivity contribution in [1.29, 1.82) is 0 Å². The molecule has 0 saturated carbocycles. The predicted octanol–water partition coefficient (Wildman–Crippen LogP) is 4.71. The molecular formula is C26H20N4O7. The standard InChI is InChI=1S/C26H20N4O7/c1-3-36-22-12-15(11-19(24(22)31)30(33)34)14-27-29-25(28-18-8-5-4-7-16(18)26(29)32)23-13-17-20(35-2)9-6-10-21(17)37-23/h4-14,31H,3H2,1-2H3. The van der Waals surface area contributed by atoms with Crippen LogP contribution in [0, 0.1) is 10.1 Å². The summed E-state index contributed by atoms with van der Waals surface area (Å²) in [6.45, 7) is 1.86. The summed E-state index contributed by atoms with van der Waals surface area (Å²) in [5.41, 5.74) is 0.178. The number of hydrogen-bond acceptors (Lipinski definition) is 9. The van der Waals surface area contributed by atoms with Crippen molar-refractivity contribution in [2.24, 2.45) is 5.10 Å². The lowest BCUT2D eigenvalue weighted by atomic mass is 10.2. The summed E-state index contributed by atoms with van der Waals surface area (Å²) in [5.74, 6) is 0.311. The Bertz CT molecular complexity index is 1750. The average Bonchev–Trinajstić information content (AvgIpc) is 3.34. The second-order valence-electron chi connectivity index (χ2n) is 7.87. The summed E-state index contributed by atoms with van der Waals surface area (Å²) in [6, 6.07) is 16.4. The number of fused-ring (bicyclic) bond motifs is 2. The van der Waals surface area contributed by atoms with E-state index in [-0.39, 0.29) is 29.5 Å². The van der Waals surface area contributed by atoms with E-state index in [1.807, 2.05) is 0 Å². The Morgan fingerprint density at radius 3 is 2.70 bits per heavy atom. The third kappa shape index (κ3) is 4.22. The van der Waals surface area contributed by atoms with E-state index >= 15 is 0 Å². The van der Waals surface area contributed by atoms with Crippen molar-refractivity contribution in [1.82, 2.24) is 9.66 Å². The van der Waals surface area contributed by atoms with Crippen LogP contribution in [0.4, 0.5) is 5.69 Å². The van der Waals surface area contributed by atoms with Crippen molar-refractivity contribution >= 4 is 33.8 Å². The predicted molar refractivity (Wildman–Crippen MR) is 137 cm³/mol. The zero-order valence-electron chi connectivity index (χ0n) is 19.7. The third-order valence-electron chi connectivity index (χ3n) is 5.61. The van der Waals surface area contributed by atoms with Crippen LogP contribution in [0.5, 0.6) is 17.2 Å². The van der Waals surface area contributed by atoms with Crippen molar-refractivity contribution in [3.05, 3.63) is 86.7 Å². The Hall–Kier alpha value is -5.19. The smallest absolute Gasteiger partial charge is 0.315 e. The number of ether oxygens (including phenoxy) is 2. The van der Waals surface area contributed by atoms with E-state index < -0.39 is 21.9 Å². The van der Waals surface area contributed by atoms with Crippen LogP contribution in [-0.4, -0.2) is 39.6 Å². The molecule has 11 heteroatoms. The number of hydrogen-bond donors (Lipinski definition) is 1. The van der Waals surface area contributed by atoms with E-state index in [2.05, 4.69) is 10.1 Å². The van der Waals surface area contributed by atoms with Gasteiger partial charge in [0, 0.05) is 11.6 Å². The van der Waals surface area contributed by atoms with Gasteiger partial charge in [0.1, 0.15) is 11.3 Å². The molecule has 0 fully saturated rings. The fourth-order valence-corrected chi connectivity index (χ4v) is 3.93. The maximum Gasteiger partial charge on any atom is 0.315 e. The zero-order valence-corrected chi connectivity index (χ0v) is 19.7. The van der Waals surface area contributed by atoms with Crippen LogP contribution in [0.25, 0.3) is 33.5 Å². The van der Waals surface area contributed by atoms with Crippen LogP contribution in [-0.2, 0) is 0 Å². The molecule has 0 bridgehead atoms. The molecule has 37 heavy (non-hydrogen) atoms. The van der Waals surface area contributed by atoms with Gasteiger partial charge in [-0.25, -0.2) is 4.98 Å². The highest BCUT2D eigenvalue weighted by molar-refractivity contribution is 5.89. The summed E-state index contributed by atoms with van der Waals surface area (Å²) in [4.78, 5) is 28.8. The summed E-state index contributed by atoms with van der Waals surface area (Å²) < 4.78 is 17.8. The average molecular weight is 500 g/mol. The first-order valence-electron chi connectivity index (χ1n) is 11.2. The lowest BCUT2D eigenvalue weighted by Gasteiger charge is -2.08. The number of aromatic hydroxyl groups is 1. The number of nitro groups is 1. The molecule has 1 N–H and O–H groups in total. The maximum absolute atomic E-state index is 13.5. The van der Waals surface area contributed by atoms with E-state index in [0.717, 1.165) is 10.7 Å². The van der Waals surface area contributed by atoms with Gasteiger partial charge in [-0.3, -0.25) is 14.9 Å². The molecule has 0 aliphatic carbocycles. The fraction of sp³-hybridized carbons (Fsp3) is 0.115. The molecule has 0 aliphatic heterocycles. The number of para-hydroxylation sites is 1. The molecule has 0 saturated heterocycles. The molecule has 0 amide bonds. The number of phenolic OH excluding ortho intramolecular Hbond substituents is 1. The van der Waals surface area contributed by atoms with Crippen LogP contribution < -0.4 is 15.0 Å². The normalized spacial score (nSPS) is 11.4. The fourth-order valence-electron chi connectivity index (χ4n) is 3.93. The topological polar surface area (TPSA) is 142 Å². The van der Waals surface area contributed by atoms with Gasteiger partial charge in [-0.05, 0) is 43.3 Å². The molecule has 3 aromatic carbocycles. The van der Waals surface area contributed by atoms with Gasteiger partial charge in [-0.2, -0.15) is 9.78 Å². The van der Waals surface area contributed by atoms with Crippen LogP contribution in [0.3, 0.4) is 0 Å². The summed E-state index contributed by atoms with van der Waals surface area (Å²) in [7, 11) is 1.54. The Morgan fingerprint density at radius 2 is 1.95 bits per heavy atom. The minimum atomic E-state index is -0.730. The van der Waals surface area contributed by atoms with Gasteiger partial charge >= 0.3 is 5.69 Å². The molecule has 0 radical (unpaired) electrons. The van der Waals surface area contributed by atoms with Gasteiger partial charge in [-0.15, -0.1) is 0 Å². The first-order chi connectivity index (χ1) is 17.9. The number of nitrogens with zero attached hydrogens (tertiary/aromatic N) is 4. The first kappa shape index (κ1) is 23.5. The molecule has 186 valence electrons. The van der Waals surface area contributed by atoms with E-state index in [1.165, 1.54) is 12.3 Å². The second kappa shape index (κ2) is 9.46. The van der Waals surface area contributed by atoms with E-state index in [9.17, 15) is 20.0 Å². The number of rotatable bonds is 7. The molecule has 0 atom stereocenters.